The molecule has 0 N–H and O–H groups in total. The molecule has 0 bridgehead atoms. The largest absolute Gasteiger partial charge is 0.494 e. The molecule has 0 aliphatic rings. The molecule has 0 atom stereocenters. The third kappa shape index (κ3) is 2.54. The van der Waals surface area contributed by atoms with Crippen molar-refractivity contribution in [3.8, 4) is 5.75 Å². The van der Waals surface area contributed by atoms with E-state index in [0.717, 1.165) is 0 Å². The minimum Gasteiger partial charge on any atom is -0.494 e. The summed E-state index contributed by atoms with van der Waals surface area (Å²) in [6.45, 7) is 3.66. The molecule has 0 spiro atoms. The van der Waals surface area contributed by atoms with Crippen LogP contribution in [-0.4, -0.2) is 12.4 Å². The zero-order valence-corrected chi connectivity index (χ0v) is 7.63. The number of ether oxygens (including phenoxy) is 1. The molecule has 0 radical (unpaired) electrons. The van der Waals surface area contributed by atoms with E-state index in [0.29, 0.717) is 17.9 Å². The van der Waals surface area contributed by atoms with Gasteiger partial charge in [-0.15, -0.1) is 0 Å². The Bertz CT molecular complexity index is 321. The molecule has 2 nitrogen and oxygen atoms in total. The fourth-order valence-corrected chi connectivity index (χ4v) is 1.02. The Morgan fingerprint density at radius 3 is 2.69 bits per heavy atom. The van der Waals surface area contributed by atoms with Gasteiger partial charge in [-0.3, -0.25) is 4.79 Å². The molecule has 0 aromatic heterocycles. The summed E-state index contributed by atoms with van der Waals surface area (Å²) in [5.74, 6) is -0.218. The van der Waals surface area contributed by atoms with E-state index in [2.05, 4.69) is 0 Å². The summed E-state index contributed by atoms with van der Waals surface area (Å²) >= 11 is 0. The van der Waals surface area contributed by atoms with Crippen LogP contribution in [-0.2, 0) is 0 Å². The van der Waals surface area contributed by atoms with E-state index in [1.807, 2.05) is 0 Å². The Kier molecular flexibility index (Phi) is 3.01. The van der Waals surface area contributed by atoms with Crippen LogP contribution in [0, 0.1) is 5.82 Å². The first kappa shape index (κ1) is 9.71. The molecule has 0 aliphatic heterocycles. The van der Waals surface area contributed by atoms with Crippen LogP contribution in [0.1, 0.15) is 24.2 Å². The van der Waals surface area contributed by atoms with Crippen molar-refractivity contribution in [3.05, 3.63) is 29.6 Å². The first-order chi connectivity index (χ1) is 6.13. The zero-order valence-electron chi connectivity index (χ0n) is 7.63. The Morgan fingerprint density at radius 1 is 1.46 bits per heavy atom. The van der Waals surface area contributed by atoms with Crippen molar-refractivity contribution in [2.24, 2.45) is 0 Å². The zero-order chi connectivity index (χ0) is 9.84. The minimum absolute atomic E-state index is 0.166. The number of hydrogen-bond acceptors (Lipinski definition) is 2. The SMILES string of the molecule is CCOc1cc(F)cc(C(C)=O)c1. The van der Waals surface area contributed by atoms with Gasteiger partial charge in [0.1, 0.15) is 11.6 Å². The molecule has 13 heavy (non-hydrogen) atoms. The fourth-order valence-electron chi connectivity index (χ4n) is 1.02. The Balaban J connectivity index is 3.03. The summed E-state index contributed by atoms with van der Waals surface area (Å²) in [5.41, 5.74) is 0.337. The average molecular weight is 182 g/mol. The standard InChI is InChI=1S/C10H11FO2/c1-3-13-10-5-8(7(2)12)4-9(11)6-10/h4-6H,3H2,1-2H3. The van der Waals surface area contributed by atoms with Gasteiger partial charge in [-0.2, -0.15) is 0 Å². The Labute approximate surface area is 76.3 Å². The van der Waals surface area contributed by atoms with Crippen LogP contribution < -0.4 is 4.74 Å². The number of halogens is 1. The number of carbonyl (C=O) groups excluding carboxylic acids is 1. The van der Waals surface area contributed by atoms with Crippen molar-refractivity contribution >= 4 is 5.78 Å². The highest BCUT2D eigenvalue weighted by atomic mass is 19.1. The lowest BCUT2D eigenvalue weighted by molar-refractivity contribution is 0.101. The molecule has 0 unspecified atom stereocenters. The first-order valence-corrected chi connectivity index (χ1v) is 4.08. The van der Waals surface area contributed by atoms with Gasteiger partial charge in [0.25, 0.3) is 0 Å². The van der Waals surface area contributed by atoms with Gasteiger partial charge in [-0.25, -0.2) is 4.39 Å². The lowest BCUT2D eigenvalue weighted by atomic mass is 10.1. The lowest BCUT2D eigenvalue weighted by Crippen LogP contribution is -1.97. The Morgan fingerprint density at radius 2 is 2.15 bits per heavy atom. The van der Waals surface area contributed by atoms with E-state index in [4.69, 9.17) is 4.74 Å². The maximum Gasteiger partial charge on any atom is 0.160 e. The van der Waals surface area contributed by atoms with Gasteiger partial charge in [0.15, 0.2) is 5.78 Å². The van der Waals surface area contributed by atoms with Crippen LogP contribution >= 0.6 is 0 Å². The number of carbonyl (C=O) groups is 1. The third-order valence-corrected chi connectivity index (χ3v) is 1.59. The van der Waals surface area contributed by atoms with Crippen LogP contribution in [0.15, 0.2) is 18.2 Å². The summed E-state index contributed by atoms with van der Waals surface area (Å²) in [4.78, 5) is 10.9. The smallest absolute Gasteiger partial charge is 0.160 e. The molecule has 0 amide bonds. The van der Waals surface area contributed by atoms with Crippen molar-refractivity contribution in [1.82, 2.24) is 0 Å². The minimum atomic E-state index is -0.448. The number of Topliss-reactive ketones (excluding diaryl/α,β-unsaturated/α-hetero) is 1. The van der Waals surface area contributed by atoms with Gasteiger partial charge in [0, 0.05) is 11.6 Å². The van der Waals surface area contributed by atoms with Crippen molar-refractivity contribution in [2.45, 2.75) is 13.8 Å². The number of rotatable bonds is 3. The number of benzene rings is 1. The normalized spacial score (nSPS) is 9.77. The Hall–Kier alpha value is -1.38. The summed E-state index contributed by atoms with van der Waals surface area (Å²) in [6, 6.07) is 4.00. The van der Waals surface area contributed by atoms with E-state index in [9.17, 15) is 9.18 Å². The maximum atomic E-state index is 12.9. The van der Waals surface area contributed by atoms with Gasteiger partial charge < -0.3 is 4.74 Å². The molecule has 0 aliphatic carbocycles. The summed E-state index contributed by atoms with van der Waals surface area (Å²) in [6.07, 6.45) is 0. The van der Waals surface area contributed by atoms with Gasteiger partial charge in [-0.05, 0) is 26.0 Å². The topological polar surface area (TPSA) is 26.3 Å². The number of hydrogen-bond donors (Lipinski definition) is 0. The molecule has 0 heterocycles. The summed E-state index contributed by atoms with van der Waals surface area (Å²) < 4.78 is 18.0. The second-order valence-corrected chi connectivity index (χ2v) is 2.66. The first-order valence-electron chi connectivity index (χ1n) is 4.08. The van der Waals surface area contributed by atoms with E-state index >= 15 is 0 Å². The van der Waals surface area contributed by atoms with Gasteiger partial charge in [0.2, 0.25) is 0 Å². The number of ketones is 1. The van der Waals surface area contributed by atoms with Crippen LogP contribution in [0.2, 0.25) is 0 Å². The van der Waals surface area contributed by atoms with Crippen LogP contribution in [0.5, 0.6) is 5.75 Å². The monoisotopic (exact) mass is 182 g/mol. The molecule has 0 saturated heterocycles. The van der Waals surface area contributed by atoms with Crippen LogP contribution in [0.4, 0.5) is 4.39 Å². The molecule has 1 rings (SSSR count). The maximum absolute atomic E-state index is 12.9. The molecular formula is C10H11FO2. The van der Waals surface area contributed by atoms with Crippen LogP contribution in [0.3, 0.4) is 0 Å². The molecule has 3 heteroatoms. The molecule has 70 valence electrons. The van der Waals surface area contributed by atoms with Crippen molar-refractivity contribution in [1.29, 1.82) is 0 Å². The molecule has 0 fully saturated rings. The van der Waals surface area contributed by atoms with Crippen molar-refractivity contribution in [3.63, 3.8) is 0 Å². The predicted molar refractivity (Wildman–Crippen MR) is 47.6 cm³/mol. The molecule has 1 aromatic carbocycles. The molecule has 0 saturated carbocycles. The second-order valence-electron chi connectivity index (χ2n) is 2.66. The van der Waals surface area contributed by atoms with Crippen molar-refractivity contribution in [2.75, 3.05) is 6.61 Å². The third-order valence-electron chi connectivity index (χ3n) is 1.59. The highest BCUT2D eigenvalue weighted by Gasteiger charge is 2.04. The van der Waals surface area contributed by atoms with Gasteiger partial charge in [0.05, 0.1) is 6.61 Å². The lowest BCUT2D eigenvalue weighted by Gasteiger charge is -2.04. The van der Waals surface area contributed by atoms with Crippen LogP contribution in [0.25, 0.3) is 0 Å². The summed E-state index contributed by atoms with van der Waals surface area (Å²) in [7, 11) is 0. The van der Waals surface area contributed by atoms with E-state index < -0.39 is 5.82 Å². The van der Waals surface area contributed by atoms with Gasteiger partial charge in [-0.1, -0.05) is 0 Å². The predicted octanol–water partition coefficient (Wildman–Crippen LogP) is 2.43. The highest BCUT2D eigenvalue weighted by molar-refractivity contribution is 5.94. The average Bonchev–Trinajstić information content (AvgIpc) is 2.03. The quantitative estimate of drug-likeness (QED) is 0.671. The van der Waals surface area contributed by atoms with E-state index in [1.165, 1.54) is 25.1 Å². The molecular weight excluding hydrogens is 171 g/mol. The highest BCUT2D eigenvalue weighted by Crippen LogP contribution is 2.16. The fraction of sp³-hybridized carbons (Fsp3) is 0.300. The molecule has 1 aromatic rings. The summed E-state index contributed by atoms with van der Waals surface area (Å²) in [5, 5.41) is 0. The van der Waals surface area contributed by atoms with E-state index in [1.54, 1.807) is 6.92 Å². The van der Waals surface area contributed by atoms with Gasteiger partial charge >= 0.3 is 0 Å². The second kappa shape index (κ2) is 4.03. The van der Waals surface area contributed by atoms with E-state index in [-0.39, 0.29) is 5.78 Å². The van der Waals surface area contributed by atoms with Crippen molar-refractivity contribution < 1.29 is 13.9 Å².